The summed E-state index contributed by atoms with van der Waals surface area (Å²) in [6.45, 7) is 5.87. The number of anilines is 2. The molecule has 0 saturated carbocycles. The summed E-state index contributed by atoms with van der Waals surface area (Å²) in [7, 11) is -3.80. The van der Waals surface area contributed by atoms with Crippen LogP contribution in [0.1, 0.15) is 44.4 Å². The molecule has 1 amide bonds. The fourth-order valence-electron chi connectivity index (χ4n) is 3.65. The molecule has 0 aromatic heterocycles. The maximum absolute atomic E-state index is 12.7. The fourth-order valence-corrected chi connectivity index (χ4v) is 5.13. The molecule has 9 nitrogen and oxygen atoms in total. The number of amides is 1. The van der Waals surface area contributed by atoms with E-state index < -0.39 is 14.9 Å². The Morgan fingerprint density at radius 3 is 2.52 bits per heavy atom. The molecule has 3 rings (SSSR count). The van der Waals surface area contributed by atoms with Crippen molar-refractivity contribution in [3.8, 4) is 0 Å². The highest BCUT2D eigenvalue weighted by atomic mass is 32.2. The van der Waals surface area contributed by atoms with Crippen LogP contribution < -0.4 is 10.6 Å². The molecule has 0 radical (unpaired) electrons. The Bertz CT molecular complexity index is 1110. The number of aryl methyl sites for hydroxylation is 1. The highest BCUT2D eigenvalue weighted by Crippen LogP contribution is 2.33. The smallest absolute Gasteiger partial charge is 0.293 e. The van der Waals surface area contributed by atoms with Crippen molar-refractivity contribution in [3.05, 3.63) is 57.6 Å². The van der Waals surface area contributed by atoms with Crippen LogP contribution in [-0.2, 0) is 21.2 Å². The number of hydrogen-bond acceptors (Lipinski definition) is 6. The van der Waals surface area contributed by atoms with Crippen LogP contribution in [0.5, 0.6) is 0 Å². The Labute approximate surface area is 181 Å². The van der Waals surface area contributed by atoms with Gasteiger partial charge >= 0.3 is 0 Å². The van der Waals surface area contributed by atoms with Gasteiger partial charge in [-0.05, 0) is 42.7 Å². The predicted octanol–water partition coefficient (Wildman–Crippen LogP) is 3.68. The maximum atomic E-state index is 12.7. The molecule has 1 heterocycles. The molecule has 2 aromatic carbocycles. The number of nitro benzene ring substituents is 1. The van der Waals surface area contributed by atoms with Crippen LogP contribution in [0.25, 0.3) is 0 Å². The average Bonchev–Trinajstić information content (AvgIpc) is 2.73. The molecule has 0 unspecified atom stereocenters. The lowest BCUT2D eigenvalue weighted by Gasteiger charge is -2.21. The Morgan fingerprint density at radius 2 is 1.87 bits per heavy atom. The van der Waals surface area contributed by atoms with E-state index in [1.165, 1.54) is 16.4 Å². The van der Waals surface area contributed by atoms with Crippen LogP contribution in [0.2, 0.25) is 0 Å². The zero-order chi connectivity index (χ0) is 22.8. The fraction of sp³-hybridized carbons (Fsp3) is 0.381. The molecule has 0 spiro atoms. The third-order valence-electron chi connectivity index (χ3n) is 5.41. The average molecular weight is 447 g/mol. The van der Waals surface area contributed by atoms with Crippen LogP contribution in [0.3, 0.4) is 0 Å². The normalized spacial score (nSPS) is 14.6. The van der Waals surface area contributed by atoms with Gasteiger partial charge in [0.1, 0.15) is 5.69 Å². The van der Waals surface area contributed by atoms with Crippen LogP contribution in [-0.4, -0.2) is 36.6 Å². The number of carbonyl (C=O) groups is 1. The molecule has 2 N–H and O–H groups in total. The summed E-state index contributed by atoms with van der Waals surface area (Å²) in [4.78, 5) is 22.5. The first-order valence-electron chi connectivity index (χ1n) is 10.1. The SMILES string of the molecule is CCN(CC)S(=O)(=O)c1ccc(N[C@H](C)c2ccc3c(c2)CCC(=O)N3)c([N+](=O)[O-])c1. The summed E-state index contributed by atoms with van der Waals surface area (Å²) >= 11 is 0. The molecule has 1 atom stereocenters. The lowest BCUT2D eigenvalue weighted by molar-refractivity contribution is -0.384. The largest absolute Gasteiger partial charge is 0.373 e. The summed E-state index contributed by atoms with van der Waals surface area (Å²) in [6, 6.07) is 9.30. The van der Waals surface area contributed by atoms with Gasteiger partial charge in [-0.15, -0.1) is 0 Å². The first-order valence-corrected chi connectivity index (χ1v) is 11.6. The van der Waals surface area contributed by atoms with Gasteiger partial charge in [-0.25, -0.2) is 8.42 Å². The Balaban J connectivity index is 1.89. The number of benzene rings is 2. The Kier molecular flexibility index (Phi) is 6.61. The van der Waals surface area contributed by atoms with E-state index in [0.717, 1.165) is 22.9 Å². The quantitative estimate of drug-likeness (QED) is 0.471. The molecule has 1 aliphatic heterocycles. The topological polar surface area (TPSA) is 122 Å². The molecule has 166 valence electrons. The highest BCUT2D eigenvalue weighted by molar-refractivity contribution is 7.89. The van der Waals surface area contributed by atoms with Gasteiger partial charge in [0.15, 0.2) is 0 Å². The molecular formula is C21H26N4O5S. The number of nitrogens with one attached hydrogen (secondary N) is 2. The van der Waals surface area contributed by atoms with Gasteiger partial charge in [0.05, 0.1) is 9.82 Å². The third kappa shape index (κ3) is 4.70. The first kappa shape index (κ1) is 22.7. The van der Waals surface area contributed by atoms with E-state index in [1.54, 1.807) is 13.8 Å². The van der Waals surface area contributed by atoms with E-state index in [0.29, 0.717) is 12.8 Å². The molecule has 0 saturated heterocycles. The zero-order valence-corrected chi connectivity index (χ0v) is 18.5. The van der Waals surface area contributed by atoms with Crippen molar-refractivity contribution < 1.29 is 18.1 Å². The van der Waals surface area contributed by atoms with Crippen LogP contribution in [0.4, 0.5) is 17.1 Å². The van der Waals surface area contributed by atoms with Gasteiger partial charge in [-0.1, -0.05) is 26.0 Å². The predicted molar refractivity (Wildman–Crippen MR) is 119 cm³/mol. The van der Waals surface area contributed by atoms with E-state index >= 15 is 0 Å². The number of hydrogen-bond donors (Lipinski definition) is 2. The number of nitrogens with zero attached hydrogens (tertiary/aromatic N) is 2. The van der Waals surface area contributed by atoms with E-state index in [4.69, 9.17) is 0 Å². The number of nitro groups is 1. The number of fused-ring (bicyclic) bond motifs is 1. The van der Waals surface area contributed by atoms with Gasteiger partial charge in [0.2, 0.25) is 15.9 Å². The maximum Gasteiger partial charge on any atom is 0.293 e. The third-order valence-corrected chi connectivity index (χ3v) is 7.45. The molecular weight excluding hydrogens is 420 g/mol. The minimum Gasteiger partial charge on any atom is -0.373 e. The van der Waals surface area contributed by atoms with Gasteiger partial charge in [-0.2, -0.15) is 4.31 Å². The lowest BCUT2D eigenvalue weighted by atomic mass is 9.97. The van der Waals surface area contributed by atoms with Gasteiger partial charge in [0, 0.05) is 37.3 Å². The monoisotopic (exact) mass is 446 g/mol. The Hall–Kier alpha value is -2.98. The van der Waals surface area contributed by atoms with Crippen molar-refractivity contribution >= 4 is 33.0 Å². The second-order valence-corrected chi connectivity index (χ2v) is 9.29. The van der Waals surface area contributed by atoms with Gasteiger partial charge in [0.25, 0.3) is 5.69 Å². The zero-order valence-electron chi connectivity index (χ0n) is 17.7. The summed E-state index contributed by atoms with van der Waals surface area (Å²) in [6.07, 6.45) is 1.06. The minimum atomic E-state index is -3.80. The first-order chi connectivity index (χ1) is 14.7. The minimum absolute atomic E-state index is 0.0122. The molecule has 0 aliphatic carbocycles. The van der Waals surface area contributed by atoms with E-state index in [-0.39, 0.29) is 41.3 Å². The van der Waals surface area contributed by atoms with Crippen molar-refractivity contribution in [1.29, 1.82) is 0 Å². The number of rotatable bonds is 8. The van der Waals surface area contributed by atoms with Crippen molar-refractivity contribution in [1.82, 2.24) is 4.31 Å². The van der Waals surface area contributed by atoms with Crippen molar-refractivity contribution in [2.45, 2.75) is 44.6 Å². The molecule has 31 heavy (non-hydrogen) atoms. The molecule has 1 aliphatic rings. The summed E-state index contributed by atoms with van der Waals surface area (Å²) in [5, 5.41) is 17.6. The second-order valence-electron chi connectivity index (χ2n) is 7.36. The van der Waals surface area contributed by atoms with Crippen LogP contribution >= 0.6 is 0 Å². The van der Waals surface area contributed by atoms with Gasteiger partial charge in [-0.3, -0.25) is 14.9 Å². The van der Waals surface area contributed by atoms with Crippen LogP contribution in [0.15, 0.2) is 41.3 Å². The Morgan fingerprint density at radius 1 is 1.16 bits per heavy atom. The lowest BCUT2D eigenvalue weighted by Crippen LogP contribution is -2.30. The van der Waals surface area contributed by atoms with E-state index in [1.807, 2.05) is 25.1 Å². The molecule has 2 aromatic rings. The van der Waals surface area contributed by atoms with E-state index in [9.17, 15) is 23.3 Å². The van der Waals surface area contributed by atoms with Crippen molar-refractivity contribution in [2.75, 3.05) is 23.7 Å². The number of sulfonamides is 1. The standard InChI is InChI=1S/C21H26N4O5S/c1-4-24(5-2)31(29,30)17-8-10-19(20(13-17)25(27)28)22-14(3)15-6-9-18-16(12-15)7-11-21(26)23-18/h6,8-10,12-14,22H,4-5,7,11H2,1-3H3,(H,23,26)/t14-/m1/s1. The second kappa shape index (κ2) is 9.03. The van der Waals surface area contributed by atoms with E-state index in [2.05, 4.69) is 10.6 Å². The highest BCUT2D eigenvalue weighted by Gasteiger charge is 2.26. The van der Waals surface area contributed by atoms with Crippen LogP contribution in [0, 0.1) is 10.1 Å². The molecule has 10 heteroatoms. The summed E-state index contributed by atoms with van der Waals surface area (Å²) in [5.74, 6) is -0.0122. The summed E-state index contributed by atoms with van der Waals surface area (Å²) in [5.41, 5.74) is 2.64. The summed E-state index contributed by atoms with van der Waals surface area (Å²) < 4.78 is 26.7. The van der Waals surface area contributed by atoms with Gasteiger partial charge < -0.3 is 10.6 Å². The number of carbonyl (C=O) groups excluding carboxylic acids is 1. The van der Waals surface area contributed by atoms with Crippen molar-refractivity contribution in [2.24, 2.45) is 0 Å². The molecule has 0 bridgehead atoms. The molecule has 0 fully saturated rings. The van der Waals surface area contributed by atoms with Crippen molar-refractivity contribution in [3.63, 3.8) is 0 Å².